The van der Waals surface area contributed by atoms with Gasteiger partial charge in [-0.2, -0.15) is 0 Å². The van der Waals surface area contributed by atoms with E-state index < -0.39 is 0 Å². The number of hydrogen-bond acceptors (Lipinski definition) is 1. The Labute approximate surface area is 92.9 Å². The van der Waals surface area contributed by atoms with Crippen LogP contribution in [0.4, 0.5) is 0 Å². The first-order valence-corrected chi connectivity index (χ1v) is 6.17. The van der Waals surface area contributed by atoms with E-state index in [1.54, 1.807) is 5.57 Å². The zero-order chi connectivity index (χ0) is 11.1. The van der Waals surface area contributed by atoms with E-state index in [9.17, 15) is 4.79 Å². The van der Waals surface area contributed by atoms with Gasteiger partial charge in [0.2, 0.25) is 0 Å². The molecule has 0 N–H and O–H groups in total. The molecule has 0 aromatic rings. The lowest BCUT2D eigenvalue weighted by Gasteiger charge is -2.52. The van der Waals surface area contributed by atoms with Crippen molar-refractivity contribution in [2.24, 2.45) is 10.8 Å². The summed E-state index contributed by atoms with van der Waals surface area (Å²) in [6, 6.07) is 0. The number of carbonyl (C=O) groups is 1. The fourth-order valence-corrected chi connectivity index (χ4v) is 3.64. The van der Waals surface area contributed by atoms with Gasteiger partial charge in [-0.1, -0.05) is 25.5 Å². The summed E-state index contributed by atoms with van der Waals surface area (Å²) in [6.45, 7) is 7.05. The molecule has 1 fully saturated rings. The van der Waals surface area contributed by atoms with Crippen LogP contribution in [0, 0.1) is 10.8 Å². The van der Waals surface area contributed by atoms with E-state index in [-0.39, 0.29) is 0 Å². The molecule has 0 unspecified atom stereocenters. The summed E-state index contributed by atoms with van der Waals surface area (Å²) >= 11 is 0. The molecule has 2 aliphatic rings. The van der Waals surface area contributed by atoms with Crippen molar-refractivity contribution in [3.63, 3.8) is 0 Å². The Morgan fingerprint density at radius 3 is 2.27 bits per heavy atom. The van der Waals surface area contributed by atoms with Crippen LogP contribution in [0.5, 0.6) is 0 Å². The van der Waals surface area contributed by atoms with E-state index >= 15 is 0 Å². The molecule has 0 aromatic carbocycles. The first kappa shape index (κ1) is 10.9. The second-order valence-corrected chi connectivity index (χ2v) is 5.93. The molecule has 84 valence electrons. The number of carbonyl (C=O) groups excluding carboxylic acids is 1. The summed E-state index contributed by atoms with van der Waals surface area (Å²) in [6.07, 6.45) is 8.67. The molecule has 15 heavy (non-hydrogen) atoms. The van der Waals surface area contributed by atoms with Gasteiger partial charge in [-0.15, -0.1) is 0 Å². The van der Waals surface area contributed by atoms with E-state index in [2.05, 4.69) is 26.8 Å². The Bertz CT molecular complexity index is 299. The van der Waals surface area contributed by atoms with Crippen molar-refractivity contribution in [3.8, 4) is 0 Å². The third kappa shape index (κ3) is 1.56. The lowest BCUT2D eigenvalue weighted by atomic mass is 9.52. The van der Waals surface area contributed by atoms with Gasteiger partial charge in [0.15, 0.2) is 0 Å². The van der Waals surface area contributed by atoms with Gasteiger partial charge in [-0.05, 0) is 43.4 Å². The van der Waals surface area contributed by atoms with E-state index in [4.69, 9.17) is 0 Å². The molecule has 2 aliphatic carbocycles. The minimum Gasteiger partial charge on any atom is -0.300 e. The highest BCUT2D eigenvalue weighted by Gasteiger charge is 2.48. The standard InChI is InChI=1S/C14H22O/c1-11-5-4-8-13(2,3)14(11)9-6-12(15)7-10-14/h5H,4,6-10H2,1-3H3. The summed E-state index contributed by atoms with van der Waals surface area (Å²) in [5.41, 5.74) is 2.26. The second-order valence-electron chi connectivity index (χ2n) is 5.93. The van der Waals surface area contributed by atoms with Gasteiger partial charge in [0, 0.05) is 12.8 Å². The molecule has 2 rings (SSSR count). The summed E-state index contributed by atoms with van der Waals surface area (Å²) in [4.78, 5) is 11.4. The first-order valence-electron chi connectivity index (χ1n) is 6.17. The maximum atomic E-state index is 11.4. The van der Waals surface area contributed by atoms with Crippen molar-refractivity contribution in [2.75, 3.05) is 0 Å². The van der Waals surface area contributed by atoms with Crippen LogP contribution < -0.4 is 0 Å². The Morgan fingerprint density at radius 2 is 1.73 bits per heavy atom. The first-order chi connectivity index (χ1) is 6.98. The monoisotopic (exact) mass is 206 g/mol. The highest BCUT2D eigenvalue weighted by atomic mass is 16.1. The third-order valence-electron chi connectivity index (χ3n) is 4.93. The predicted molar refractivity (Wildman–Crippen MR) is 62.7 cm³/mol. The molecule has 0 radical (unpaired) electrons. The fourth-order valence-electron chi connectivity index (χ4n) is 3.64. The highest BCUT2D eigenvalue weighted by molar-refractivity contribution is 5.79. The summed E-state index contributed by atoms with van der Waals surface area (Å²) in [7, 11) is 0. The maximum absolute atomic E-state index is 11.4. The van der Waals surface area contributed by atoms with Gasteiger partial charge in [0.25, 0.3) is 0 Å². The van der Waals surface area contributed by atoms with E-state index in [1.807, 2.05) is 0 Å². The van der Waals surface area contributed by atoms with E-state index in [0.717, 1.165) is 25.7 Å². The van der Waals surface area contributed by atoms with Crippen LogP contribution in [0.15, 0.2) is 11.6 Å². The zero-order valence-electron chi connectivity index (χ0n) is 10.2. The van der Waals surface area contributed by atoms with Gasteiger partial charge in [0.1, 0.15) is 5.78 Å². The zero-order valence-corrected chi connectivity index (χ0v) is 10.2. The SMILES string of the molecule is CC1=CCCC(C)(C)C12CCC(=O)CC2. The number of allylic oxidation sites excluding steroid dienone is 2. The molecule has 0 aromatic heterocycles. The van der Waals surface area contributed by atoms with Crippen LogP contribution in [0.1, 0.15) is 59.3 Å². The molecule has 0 heterocycles. The lowest BCUT2D eigenvalue weighted by molar-refractivity contribution is -0.123. The van der Waals surface area contributed by atoms with Crippen molar-refractivity contribution >= 4 is 5.78 Å². The summed E-state index contributed by atoms with van der Waals surface area (Å²) < 4.78 is 0. The van der Waals surface area contributed by atoms with Crippen LogP contribution >= 0.6 is 0 Å². The smallest absolute Gasteiger partial charge is 0.132 e. The molecule has 1 spiro atoms. The molecule has 0 bridgehead atoms. The molecule has 0 amide bonds. The quantitative estimate of drug-likeness (QED) is 0.550. The molecule has 1 nitrogen and oxygen atoms in total. The molecule has 1 saturated carbocycles. The minimum absolute atomic E-state index is 0.333. The topological polar surface area (TPSA) is 17.1 Å². The normalized spacial score (nSPS) is 29.0. The largest absolute Gasteiger partial charge is 0.300 e. The third-order valence-corrected chi connectivity index (χ3v) is 4.93. The lowest BCUT2D eigenvalue weighted by Crippen LogP contribution is -2.43. The van der Waals surface area contributed by atoms with E-state index in [1.165, 1.54) is 12.8 Å². The maximum Gasteiger partial charge on any atom is 0.132 e. The van der Waals surface area contributed by atoms with Gasteiger partial charge in [0.05, 0.1) is 0 Å². The Balaban J connectivity index is 2.33. The van der Waals surface area contributed by atoms with Crippen LogP contribution in [-0.2, 0) is 4.79 Å². The minimum atomic E-state index is 0.333. The van der Waals surface area contributed by atoms with Crippen molar-refractivity contribution in [3.05, 3.63) is 11.6 Å². The Hall–Kier alpha value is -0.590. The van der Waals surface area contributed by atoms with Crippen LogP contribution in [0.25, 0.3) is 0 Å². The Kier molecular flexibility index (Phi) is 2.52. The molecule has 0 saturated heterocycles. The average Bonchev–Trinajstić information content (AvgIpc) is 2.16. The number of rotatable bonds is 0. The summed E-state index contributed by atoms with van der Waals surface area (Å²) in [5, 5.41) is 0. The van der Waals surface area contributed by atoms with Crippen molar-refractivity contribution in [1.82, 2.24) is 0 Å². The molecular weight excluding hydrogens is 184 g/mol. The van der Waals surface area contributed by atoms with Crippen molar-refractivity contribution in [2.45, 2.75) is 59.3 Å². The van der Waals surface area contributed by atoms with Crippen LogP contribution in [-0.4, -0.2) is 5.78 Å². The second kappa shape index (κ2) is 3.47. The van der Waals surface area contributed by atoms with Crippen molar-refractivity contribution in [1.29, 1.82) is 0 Å². The molecule has 1 heteroatoms. The number of hydrogen-bond donors (Lipinski definition) is 0. The van der Waals surface area contributed by atoms with Crippen molar-refractivity contribution < 1.29 is 4.79 Å². The number of Topliss-reactive ketones (excluding diaryl/α,β-unsaturated/α-hetero) is 1. The fraction of sp³-hybridized carbons (Fsp3) is 0.786. The number of ketones is 1. The van der Waals surface area contributed by atoms with E-state index in [0.29, 0.717) is 16.6 Å². The predicted octanol–water partition coefficient (Wildman–Crippen LogP) is 3.88. The van der Waals surface area contributed by atoms with Gasteiger partial charge in [-0.3, -0.25) is 4.79 Å². The highest BCUT2D eigenvalue weighted by Crippen LogP contribution is 2.57. The van der Waals surface area contributed by atoms with Crippen LogP contribution in [0.3, 0.4) is 0 Å². The average molecular weight is 206 g/mol. The molecular formula is C14H22O. The summed E-state index contributed by atoms with van der Waals surface area (Å²) in [5.74, 6) is 0.467. The van der Waals surface area contributed by atoms with Gasteiger partial charge < -0.3 is 0 Å². The molecule has 0 aliphatic heterocycles. The molecule has 0 atom stereocenters. The Morgan fingerprint density at radius 1 is 1.13 bits per heavy atom. The van der Waals surface area contributed by atoms with Gasteiger partial charge >= 0.3 is 0 Å². The van der Waals surface area contributed by atoms with Crippen LogP contribution in [0.2, 0.25) is 0 Å². The van der Waals surface area contributed by atoms with Gasteiger partial charge in [-0.25, -0.2) is 0 Å².